The van der Waals surface area contributed by atoms with Crippen molar-refractivity contribution in [1.29, 1.82) is 0 Å². The molecule has 0 fully saturated rings. The van der Waals surface area contributed by atoms with Gasteiger partial charge in [0, 0.05) is 13.5 Å². The third-order valence-electron chi connectivity index (χ3n) is 4.35. The minimum Gasteiger partial charge on any atom is -0.486 e. The summed E-state index contributed by atoms with van der Waals surface area (Å²) in [4.78, 5) is 8.60. The molecule has 3 heterocycles. The summed E-state index contributed by atoms with van der Waals surface area (Å²) in [6.45, 7) is 1.22. The predicted octanol–water partition coefficient (Wildman–Crippen LogP) is 3.44. The van der Waals surface area contributed by atoms with Crippen LogP contribution >= 0.6 is 0 Å². The predicted molar refractivity (Wildman–Crippen MR) is 99.9 cm³/mol. The Morgan fingerprint density at radius 1 is 1.20 bits per heavy atom. The molecule has 0 atom stereocenters. The van der Waals surface area contributed by atoms with Gasteiger partial charge in [0.15, 0.2) is 16.4 Å². The van der Waals surface area contributed by atoms with Crippen molar-refractivity contribution in [3.8, 4) is 5.75 Å². The zero-order valence-electron chi connectivity index (χ0n) is 16.0. The molecule has 3 rings (SSSR count). The molecular formula is C18H18F5N3O3S. The first-order chi connectivity index (χ1) is 13.8. The maximum Gasteiger partial charge on any atom is 0.419 e. The lowest BCUT2D eigenvalue weighted by atomic mass is 10.1. The highest BCUT2D eigenvalue weighted by Crippen LogP contribution is 2.40. The number of sulfone groups is 1. The maximum absolute atomic E-state index is 13.5. The first-order valence-corrected chi connectivity index (χ1v) is 10.5. The lowest BCUT2D eigenvalue weighted by Gasteiger charge is -2.31. The minimum absolute atomic E-state index is 0.0124. The Kier molecular flexibility index (Phi) is 5.65. The van der Waals surface area contributed by atoms with E-state index in [0.717, 1.165) is 6.20 Å². The van der Waals surface area contributed by atoms with Crippen molar-refractivity contribution < 1.29 is 35.1 Å². The Balaban J connectivity index is 2.11. The third-order valence-corrected chi connectivity index (χ3v) is 6.09. The zero-order chi connectivity index (χ0) is 22.3. The summed E-state index contributed by atoms with van der Waals surface area (Å²) < 4.78 is 96.6. The van der Waals surface area contributed by atoms with E-state index in [1.54, 1.807) is 0 Å². The van der Waals surface area contributed by atoms with Gasteiger partial charge in [0.05, 0.1) is 40.4 Å². The molecular weight excluding hydrogens is 433 g/mol. The van der Waals surface area contributed by atoms with Crippen LogP contribution in [0.25, 0.3) is 5.70 Å². The summed E-state index contributed by atoms with van der Waals surface area (Å²) in [5.74, 6) is -3.84. The fraction of sp³-hybridized carbons (Fsp3) is 0.444. The SMILES string of the molecule is CCS(=O)(=O)C1=C(c2ccc(OCC(C)(F)F)cn2)N2CCN=C2C(C(F)(F)F)=C1. The van der Waals surface area contributed by atoms with Crippen LogP contribution in [0.15, 0.2) is 39.9 Å². The van der Waals surface area contributed by atoms with E-state index in [0.29, 0.717) is 13.0 Å². The van der Waals surface area contributed by atoms with Gasteiger partial charge in [0.1, 0.15) is 11.6 Å². The maximum atomic E-state index is 13.5. The van der Waals surface area contributed by atoms with Crippen LogP contribution in [-0.4, -0.2) is 61.7 Å². The number of hydrogen-bond donors (Lipinski definition) is 0. The monoisotopic (exact) mass is 451 g/mol. The molecule has 1 aromatic heterocycles. The molecule has 0 unspecified atom stereocenters. The van der Waals surface area contributed by atoms with Gasteiger partial charge < -0.3 is 9.64 Å². The van der Waals surface area contributed by atoms with Gasteiger partial charge >= 0.3 is 6.18 Å². The molecule has 12 heteroatoms. The van der Waals surface area contributed by atoms with Gasteiger partial charge in [-0.25, -0.2) is 17.2 Å². The molecule has 0 saturated carbocycles. The Bertz CT molecular complexity index is 1020. The quantitative estimate of drug-likeness (QED) is 0.620. The van der Waals surface area contributed by atoms with Gasteiger partial charge in [0.2, 0.25) is 0 Å². The molecule has 0 saturated heterocycles. The van der Waals surface area contributed by atoms with Crippen molar-refractivity contribution in [1.82, 2.24) is 9.88 Å². The van der Waals surface area contributed by atoms with E-state index in [9.17, 15) is 30.4 Å². The molecule has 6 nitrogen and oxygen atoms in total. The largest absolute Gasteiger partial charge is 0.486 e. The van der Waals surface area contributed by atoms with E-state index in [1.807, 2.05) is 0 Å². The number of halogens is 5. The van der Waals surface area contributed by atoms with Crippen LogP contribution in [0, 0.1) is 0 Å². The van der Waals surface area contributed by atoms with Crippen molar-refractivity contribution in [3.63, 3.8) is 0 Å². The minimum atomic E-state index is -4.79. The van der Waals surface area contributed by atoms with E-state index in [2.05, 4.69) is 9.98 Å². The van der Waals surface area contributed by atoms with Crippen LogP contribution in [0.2, 0.25) is 0 Å². The lowest BCUT2D eigenvalue weighted by Crippen LogP contribution is -2.37. The number of alkyl halides is 5. The van der Waals surface area contributed by atoms with Crippen LogP contribution in [0.4, 0.5) is 22.0 Å². The number of ether oxygens (including phenoxy) is 1. The number of amidine groups is 1. The van der Waals surface area contributed by atoms with Crippen LogP contribution in [-0.2, 0) is 9.84 Å². The topological polar surface area (TPSA) is 71.9 Å². The highest BCUT2D eigenvalue weighted by molar-refractivity contribution is 7.95. The zero-order valence-corrected chi connectivity index (χ0v) is 16.8. The average molecular weight is 451 g/mol. The number of aromatic nitrogens is 1. The van der Waals surface area contributed by atoms with Gasteiger partial charge in [-0.05, 0) is 18.2 Å². The molecule has 0 N–H and O–H groups in total. The van der Waals surface area contributed by atoms with E-state index in [4.69, 9.17) is 4.74 Å². The van der Waals surface area contributed by atoms with E-state index in [1.165, 1.54) is 24.0 Å². The Morgan fingerprint density at radius 3 is 2.43 bits per heavy atom. The van der Waals surface area contributed by atoms with E-state index < -0.39 is 44.8 Å². The molecule has 164 valence electrons. The lowest BCUT2D eigenvalue weighted by molar-refractivity contribution is -0.0867. The molecule has 30 heavy (non-hydrogen) atoms. The average Bonchev–Trinajstić information content (AvgIpc) is 3.13. The van der Waals surface area contributed by atoms with Crippen molar-refractivity contribution >= 4 is 21.4 Å². The Hall–Kier alpha value is -2.50. The molecule has 0 aromatic carbocycles. The van der Waals surface area contributed by atoms with Gasteiger partial charge in [-0.15, -0.1) is 0 Å². The molecule has 2 aliphatic rings. The highest BCUT2D eigenvalue weighted by Gasteiger charge is 2.45. The molecule has 0 spiro atoms. The Labute approximate surface area is 169 Å². The summed E-state index contributed by atoms with van der Waals surface area (Å²) in [5.41, 5.74) is -1.11. The first kappa shape index (κ1) is 22.2. The summed E-state index contributed by atoms with van der Waals surface area (Å²) in [6, 6.07) is 2.61. The van der Waals surface area contributed by atoms with Crippen LogP contribution < -0.4 is 4.74 Å². The van der Waals surface area contributed by atoms with Crippen molar-refractivity contribution in [2.75, 3.05) is 25.4 Å². The van der Waals surface area contributed by atoms with Crippen LogP contribution in [0.1, 0.15) is 19.5 Å². The fourth-order valence-electron chi connectivity index (χ4n) is 2.97. The number of allylic oxidation sites excluding steroid dienone is 1. The molecule has 0 amide bonds. The number of hydrogen-bond acceptors (Lipinski definition) is 6. The van der Waals surface area contributed by atoms with Gasteiger partial charge in [0.25, 0.3) is 5.92 Å². The standard InChI is InChI=1S/C18H18F5N3O3S/c1-3-30(27,28)14-8-12(18(21,22)23)16-24-6-7-26(16)15(14)13-5-4-11(9-25-13)29-10-17(2,19)20/h4-5,8-9H,3,6-7,10H2,1-2H3. The summed E-state index contributed by atoms with van der Waals surface area (Å²) >= 11 is 0. The molecule has 0 bridgehead atoms. The normalized spacial score (nSPS) is 17.6. The highest BCUT2D eigenvalue weighted by atomic mass is 32.2. The summed E-state index contributed by atoms with van der Waals surface area (Å²) in [5, 5.41) is 0. The number of nitrogens with zero attached hydrogens (tertiary/aromatic N) is 3. The van der Waals surface area contributed by atoms with Crippen molar-refractivity contribution in [2.45, 2.75) is 25.9 Å². The second kappa shape index (κ2) is 7.64. The molecule has 0 aliphatic carbocycles. The number of pyridine rings is 1. The van der Waals surface area contributed by atoms with Crippen LogP contribution in [0.5, 0.6) is 5.75 Å². The van der Waals surface area contributed by atoms with Gasteiger partial charge in [-0.2, -0.15) is 13.2 Å². The Morgan fingerprint density at radius 2 is 1.90 bits per heavy atom. The van der Waals surface area contributed by atoms with E-state index >= 15 is 0 Å². The summed E-state index contributed by atoms with van der Waals surface area (Å²) in [6.07, 6.45) is -3.10. The second-order valence-electron chi connectivity index (χ2n) is 6.77. The molecule has 2 aliphatic heterocycles. The van der Waals surface area contributed by atoms with Gasteiger partial charge in [-0.1, -0.05) is 6.92 Å². The fourth-order valence-corrected chi connectivity index (χ4v) is 4.09. The van der Waals surface area contributed by atoms with Crippen molar-refractivity contribution in [2.24, 2.45) is 4.99 Å². The summed E-state index contributed by atoms with van der Waals surface area (Å²) in [7, 11) is -4.05. The number of fused-ring (bicyclic) bond motifs is 1. The van der Waals surface area contributed by atoms with Gasteiger partial charge in [-0.3, -0.25) is 9.98 Å². The number of aliphatic imine (C=N–C) groups is 1. The second-order valence-corrected chi connectivity index (χ2v) is 9.01. The molecule has 1 aromatic rings. The van der Waals surface area contributed by atoms with E-state index in [-0.39, 0.29) is 36.1 Å². The molecule has 0 radical (unpaired) electrons. The van der Waals surface area contributed by atoms with Crippen molar-refractivity contribution in [3.05, 3.63) is 40.6 Å². The first-order valence-electron chi connectivity index (χ1n) is 8.89. The number of rotatable bonds is 6. The smallest absolute Gasteiger partial charge is 0.419 e. The van der Waals surface area contributed by atoms with Crippen LogP contribution in [0.3, 0.4) is 0 Å². The third kappa shape index (κ3) is 4.47.